The summed E-state index contributed by atoms with van der Waals surface area (Å²) in [4.78, 5) is 13.0. The molecule has 20 heavy (non-hydrogen) atoms. The van der Waals surface area contributed by atoms with Crippen LogP contribution in [0.2, 0.25) is 0 Å². The van der Waals surface area contributed by atoms with Gasteiger partial charge >= 0.3 is 0 Å². The van der Waals surface area contributed by atoms with Crippen molar-refractivity contribution in [2.75, 3.05) is 11.9 Å². The van der Waals surface area contributed by atoms with E-state index in [0.717, 1.165) is 11.0 Å². The number of carbonyl (C=O) groups is 1. The molecule has 0 aliphatic heterocycles. The van der Waals surface area contributed by atoms with E-state index in [2.05, 4.69) is 0 Å². The van der Waals surface area contributed by atoms with Crippen molar-refractivity contribution in [2.24, 2.45) is 0 Å². The molecule has 2 rings (SSSR count). The lowest BCUT2D eigenvalue weighted by Crippen LogP contribution is -2.26. The number of halogens is 4. The van der Waals surface area contributed by atoms with E-state index in [1.165, 1.54) is 25.2 Å². The van der Waals surface area contributed by atoms with Gasteiger partial charge in [-0.3, -0.25) is 4.79 Å². The number of anilines is 1. The Morgan fingerprint density at radius 1 is 1.00 bits per heavy atom. The van der Waals surface area contributed by atoms with Gasteiger partial charge in [0.15, 0.2) is 17.5 Å². The SMILES string of the molecule is CN(C(=O)c1cc(F)c(F)c(F)c1)c1cccc(F)c1. The van der Waals surface area contributed by atoms with Gasteiger partial charge in [-0.05, 0) is 30.3 Å². The van der Waals surface area contributed by atoms with Crippen LogP contribution in [0.25, 0.3) is 0 Å². The third-order valence-corrected chi connectivity index (χ3v) is 2.73. The summed E-state index contributed by atoms with van der Waals surface area (Å²) in [6.07, 6.45) is 0. The molecule has 1 amide bonds. The number of amides is 1. The van der Waals surface area contributed by atoms with Crippen LogP contribution in [-0.2, 0) is 0 Å². The summed E-state index contributed by atoms with van der Waals surface area (Å²) < 4.78 is 52.1. The van der Waals surface area contributed by atoms with Gasteiger partial charge < -0.3 is 4.90 Å². The van der Waals surface area contributed by atoms with Crippen molar-refractivity contribution < 1.29 is 22.4 Å². The predicted molar refractivity (Wildman–Crippen MR) is 65.4 cm³/mol. The molecule has 2 aromatic rings. The molecule has 0 aromatic heterocycles. The fourth-order valence-corrected chi connectivity index (χ4v) is 1.67. The monoisotopic (exact) mass is 283 g/mol. The Labute approximate surface area is 112 Å². The van der Waals surface area contributed by atoms with E-state index in [1.54, 1.807) is 0 Å². The second kappa shape index (κ2) is 5.32. The molecule has 0 aliphatic carbocycles. The third-order valence-electron chi connectivity index (χ3n) is 2.73. The van der Waals surface area contributed by atoms with E-state index < -0.39 is 29.2 Å². The zero-order valence-corrected chi connectivity index (χ0v) is 10.3. The lowest BCUT2D eigenvalue weighted by molar-refractivity contribution is 0.0992. The maximum Gasteiger partial charge on any atom is 0.258 e. The van der Waals surface area contributed by atoms with Gasteiger partial charge in [-0.2, -0.15) is 0 Å². The zero-order chi connectivity index (χ0) is 14.9. The largest absolute Gasteiger partial charge is 0.311 e. The van der Waals surface area contributed by atoms with Gasteiger partial charge in [0.2, 0.25) is 0 Å². The molecule has 0 saturated carbocycles. The molecule has 0 saturated heterocycles. The van der Waals surface area contributed by atoms with E-state index in [9.17, 15) is 22.4 Å². The van der Waals surface area contributed by atoms with E-state index in [4.69, 9.17) is 0 Å². The van der Waals surface area contributed by atoms with Gasteiger partial charge in [0.05, 0.1) is 0 Å². The van der Waals surface area contributed by atoms with E-state index >= 15 is 0 Å². The summed E-state index contributed by atoms with van der Waals surface area (Å²) in [6, 6.07) is 6.32. The molecule has 6 heteroatoms. The summed E-state index contributed by atoms with van der Waals surface area (Å²) in [5.74, 6) is -5.90. The molecule has 0 heterocycles. The average Bonchev–Trinajstić information content (AvgIpc) is 2.42. The fraction of sp³-hybridized carbons (Fsp3) is 0.0714. The van der Waals surface area contributed by atoms with Crippen LogP contribution < -0.4 is 4.90 Å². The molecule has 0 radical (unpaired) electrons. The van der Waals surface area contributed by atoms with Crippen LogP contribution in [0.4, 0.5) is 23.2 Å². The van der Waals surface area contributed by atoms with Crippen molar-refractivity contribution in [1.29, 1.82) is 0 Å². The van der Waals surface area contributed by atoms with Crippen LogP contribution in [0.1, 0.15) is 10.4 Å². The highest BCUT2D eigenvalue weighted by atomic mass is 19.2. The Balaban J connectivity index is 2.36. The van der Waals surface area contributed by atoms with Gasteiger partial charge in [-0.25, -0.2) is 17.6 Å². The third kappa shape index (κ3) is 2.64. The number of carbonyl (C=O) groups excluding carboxylic acids is 1. The number of hydrogen-bond acceptors (Lipinski definition) is 1. The quantitative estimate of drug-likeness (QED) is 0.610. The topological polar surface area (TPSA) is 20.3 Å². The number of benzene rings is 2. The Hall–Kier alpha value is -2.37. The normalized spacial score (nSPS) is 10.4. The molecule has 0 fully saturated rings. The second-order valence-corrected chi connectivity index (χ2v) is 4.10. The Morgan fingerprint density at radius 2 is 1.60 bits per heavy atom. The van der Waals surface area contributed by atoms with Crippen LogP contribution in [-0.4, -0.2) is 13.0 Å². The van der Waals surface area contributed by atoms with Gasteiger partial charge in [0.25, 0.3) is 5.91 Å². The lowest BCUT2D eigenvalue weighted by atomic mass is 10.1. The summed E-state index contributed by atoms with van der Waals surface area (Å²) in [5.41, 5.74) is -0.159. The van der Waals surface area contributed by atoms with E-state index in [-0.39, 0.29) is 11.3 Å². The van der Waals surface area contributed by atoms with Gasteiger partial charge in [-0.15, -0.1) is 0 Å². The van der Waals surface area contributed by atoms with Gasteiger partial charge in [-0.1, -0.05) is 6.07 Å². The molecule has 0 N–H and O–H groups in total. The first-order valence-electron chi connectivity index (χ1n) is 5.58. The Bertz CT molecular complexity index is 649. The highest BCUT2D eigenvalue weighted by molar-refractivity contribution is 6.05. The highest BCUT2D eigenvalue weighted by Crippen LogP contribution is 2.19. The summed E-state index contributed by atoms with van der Waals surface area (Å²) >= 11 is 0. The summed E-state index contributed by atoms with van der Waals surface area (Å²) in [5, 5.41) is 0. The molecular formula is C14H9F4NO. The maximum absolute atomic E-state index is 13.1. The van der Waals surface area contributed by atoms with Crippen molar-refractivity contribution in [3.63, 3.8) is 0 Å². The first-order valence-corrected chi connectivity index (χ1v) is 5.58. The standard InChI is InChI=1S/C14H9F4NO/c1-19(10-4-2-3-9(15)7-10)14(20)8-5-11(16)13(18)12(17)6-8/h2-7H,1H3. The number of nitrogens with zero attached hydrogens (tertiary/aromatic N) is 1. The minimum Gasteiger partial charge on any atom is -0.311 e. The van der Waals surface area contributed by atoms with Gasteiger partial charge in [0.1, 0.15) is 5.82 Å². The molecule has 2 aromatic carbocycles. The van der Waals surface area contributed by atoms with Gasteiger partial charge in [0, 0.05) is 18.3 Å². The van der Waals surface area contributed by atoms with Crippen molar-refractivity contribution in [2.45, 2.75) is 0 Å². The highest BCUT2D eigenvalue weighted by Gasteiger charge is 2.19. The molecule has 0 aliphatic rings. The van der Waals surface area contributed by atoms with Crippen molar-refractivity contribution in [3.05, 3.63) is 65.2 Å². The number of hydrogen-bond donors (Lipinski definition) is 0. The fourth-order valence-electron chi connectivity index (χ4n) is 1.67. The number of rotatable bonds is 2. The van der Waals surface area contributed by atoms with Crippen molar-refractivity contribution in [3.8, 4) is 0 Å². The Kier molecular flexibility index (Phi) is 3.74. The first-order chi connectivity index (χ1) is 9.40. The second-order valence-electron chi connectivity index (χ2n) is 4.10. The minimum absolute atomic E-state index is 0.208. The maximum atomic E-state index is 13.1. The van der Waals surface area contributed by atoms with Crippen LogP contribution in [0.5, 0.6) is 0 Å². The first kappa shape index (κ1) is 14.0. The zero-order valence-electron chi connectivity index (χ0n) is 10.3. The molecule has 0 unspecified atom stereocenters. The molecule has 2 nitrogen and oxygen atoms in total. The van der Waals surface area contributed by atoms with Crippen molar-refractivity contribution >= 4 is 11.6 Å². The molecule has 104 valence electrons. The molecular weight excluding hydrogens is 274 g/mol. The van der Waals surface area contributed by atoms with Crippen LogP contribution in [0.15, 0.2) is 36.4 Å². The predicted octanol–water partition coefficient (Wildman–Crippen LogP) is 3.52. The summed E-state index contributed by atoms with van der Waals surface area (Å²) in [7, 11) is 1.32. The van der Waals surface area contributed by atoms with Crippen LogP contribution in [0.3, 0.4) is 0 Å². The minimum atomic E-state index is -1.64. The molecule has 0 atom stereocenters. The van der Waals surface area contributed by atoms with Crippen LogP contribution in [0, 0.1) is 23.3 Å². The van der Waals surface area contributed by atoms with Crippen molar-refractivity contribution in [1.82, 2.24) is 0 Å². The average molecular weight is 283 g/mol. The Morgan fingerprint density at radius 3 is 2.15 bits per heavy atom. The van der Waals surface area contributed by atoms with E-state index in [1.807, 2.05) is 0 Å². The summed E-state index contributed by atoms with van der Waals surface area (Å²) in [6.45, 7) is 0. The van der Waals surface area contributed by atoms with E-state index in [0.29, 0.717) is 12.1 Å². The lowest BCUT2D eigenvalue weighted by Gasteiger charge is -2.17. The molecule has 0 bridgehead atoms. The smallest absolute Gasteiger partial charge is 0.258 e. The molecule has 0 spiro atoms. The van der Waals surface area contributed by atoms with Crippen LogP contribution >= 0.6 is 0 Å².